The third-order valence-electron chi connectivity index (χ3n) is 4.31. The molecule has 0 spiro atoms. The van der Waals surface area contributed by atoms with Crippen molar-refractivity contribution in [2.24, 2.45) is 0 Å². The van der Waals surface area contributed by atoms with Crippen molar-refractivity contribution in [2.75, 3.05) is 37.8 Å². The molecule has 0 unspecified atom stereocenters. The fraction of sp³-hybridized carbons (Fsp3) is 0.273. The van der Waals surface area contributed by atoms with Crippen molar-refractivity contribution >= 4 is 29.1 Å². The molecule has 0 bridgehead atoms. The molecule has 0 amide bonds. The van der Waals surface area contributed by atoms with E-state index in [1.165, 1.54) is 0 Å². The van der Waals surface area contributed by atoms with Gasteiger partial charge in [-0.3, -0.25) is 0 Å². The summed E-state index contributed by atoms with van der Waals surface area (Å²) in [5.41, 5.74) is 3.96. The lowest BCUT2D eigenvalue weighted by Gasteiger charge is -2.14. The van der Waals surface area contributed by atoms with Crippen molar-refractivity contribution < 1.29 is 0 Å². The third kappa shape index (κ3) is 5.68. The Balaban J connectivity index is 1.86. The molecule has 28 heavy (non-hydrogen) atoms. The van der Waals surface area contributed by atoms with Gasteiger partial charge in [-0.2, -0.15) is 4.98 Å². The van der Waals surface area contributed by atoms with E-state index in [1.54, 1.807) is 0 Å². The molecule has 0 saturated carbocycles. The van der Waals surface area contributed by atoms with E-state index < -0.39 is 0 Å². The third-order valence-corrected chi connectivity index (χ3v) is 4.55. The zero-order chi connectivity index (χ0) is 19.9. The Kier molecular flexibility index (Phi) is 6.85. The molecule has 0 saturated heterocycles. The number of benzene rings is 2. The standard InChI is InChI=1S/C22H26ClN5/c1-16-14-18(23)10-11-19(16)25-21-15-20(17-8-5-4-6-9-17)26-22(27-21)24-12-7-13-28(2)3/h4-6,8-11,14-15H,7,12-13H2,1-3H3,(H2,24,25,26,27). The van der Waals surface area contributed by atoms with Gasteiger partial charge in [-0.15, -0.1) is 0 Å². The lowest BCUT2D eigenvalue weighted by atomic mass is 10.1. The minimum absolute atomic E-state index is 0.620. The van der Waals surface area contributed by atoms with Crippen LogP contribution in [-0.2, 0) is 0 Å². The average molecular weight is 396 g/mol. The summed E-state index contributed by atoms with van der Waals surface area (Å²) in [4.78, 5) is 11.5. The normalized spacial score (nSPS) is 10.9. The van der Waals surface area contributed by atoms with E-state index in [2.05, 4.69) is 46.7 Å². The summed E-state index contributed by atoms with van der Waals surface area (Å²) in [6.45, 7) is 3.85. The summed E-state index contributed by atoms with van der Waals surface area (Å²) in [6, 6.07) is 17.9. The number of hydrogen-bond acceptors (Lipinski definition) is 5. The van der Waals surface area contributed by atoms with Crippen LogP contribution in [0.2, 0.25) is 5.02 Å². The quantitative estimate of drug-likeness (QED) is 0.512. The lowest BCUT2D eigenvalue weighted by Crippen LogP contribution is -2.17. The van der Waals surface area contributed by atoms with Crippen molar-refractivity contribution in [3.05, 3.63) is 65.2 Å². The summed E-state index contributed by atoms with van der Waals surface area (Å²) in [6.07, 6.45) is 1.02. The van der Waals surface area contributed by atoms with Crippen LogP contribution < -0.4 is 10.6 Å². The van der Waals surface area contributed by atoms with Crippen LogP contribution in [0.1, 0.15) is 12.0 Å². The first-order valence-corrected chi connectivity index (χ1v) is 9.75. The van der Waals surface area contributed by atoms with Gasteiger partial charge in [-0.25, -0.2) is 4.98 Å². The van der Waals surface area contributed by atoms with Crippen molar-refractivity contribution in [3.8, 4) is 11.3 Å². The van der Waals surface area contributed by atoms with Gasteiger partial charge >= 0.3 is 0 Å². The molecule has 0 aliphatic heterocycles. The van der Waals surface area contributed by atoms with E-state index in [9.17, 15) is 0 Å². The minimum atomic E-state index is 0.620. The molecular weight excluding hydrogens is 370 g/mol. The van der Waals surface area contributed by atoms with E-state index in [4.69, 9.17) is 16.6 Å². The van der Waals surface area contributed by atoms with Crippen LogP contribution in [0.4, 0.5) is 17.5 Å². The molecule has 0 aliphatic rings. The Morgan fingerprint density at radius 3 is 2.50 bits per heavy atom. The molecule has 0 atom stereocenters. The first kappa shape index (κ1) is 20.1. The summed E-state index contributed by atoms with van der Waals surface area (Å²) in [5.74, 6) is 1.36. The molecule has 0 aliphatic carbocycles. The monoisotopic (exact) mass is 395 g/mol. The molecule has 1 heterocycles. The topological polar surface area (TPSA) is 53.1 Å². The van der Waals surface area contributed by atoms with Crippen LogP contribution in [0.3, 0.4) is 0 Å². The van der Waals surface area contributed by atoms with Gasteiger partial charge in [0, 0.05) is 28.9 Å². The fourth-order valence-electron chi connectivity index (χ4n) is 2.85. The van der Waals surface area contributed by atoms with Gasteiger partial charge in [-0.1, -0.05) is 41.9 Å². The second-order valence-corrected chi connectivity index (χ2v) is 7.43. The van der Waals surface area contributed by atoms with E-state index in [1.807, 2.05) is 49.4 Å². The molecule has 2 N–H and O–H groups in total. The fourth-order valence-corrected chi connectivity index (χ4v) is 3.07. The van der Waals surface area contributed by atoms with Crippen LogP contribution in [0.5, 0.6) is 0 Å². The highest BCUT2D eigenvalue weighted by atomic mass is 35.5. The van der Waals surface area contributed by atoms with Crippen molar-refractivity contribution in [1.82, 2.24) is 14.9 Å². The first-order chi connectivity index (χ1) is 13.5. The maximum Gasteiger partial charge on any atom is 0.225 e. The van der Waals surface area contributed by atoms with Gasteiger partial charge in [0.1, 0.15) is 5.82 Å². The lowest BCUT2D eigenvalue weighted by molar-refractivity contribution is 0.405. The van der Waals surface area contributed by atoms with E-state index >= 15 is 0 Å². The maximum atomic E-state index is 6.08. The predicted octanol–water partition coefficient (Wildman–Crippen LogP) is 5.21. The van der Waals surface area contributed by atoms with Crippen molar-refractivity contribution in [3.63, 3.8) is 0 Å². The Labute approximate surface area is 171 Å². The number of hydrogen-bond donors (Lipinski definition) is 2. The molecule has 0 fully saturated rings. The molecule has 3 rings (SSSR count). The molecule has 6 heteroatoms. The Morgan fingerprint density at radius 2 is 1.79 bits per heavy atom. The zero-order valence-electron chi connectivity index (χ0n) is 16.5. The number of aromatic nitrogens is 2. The number of anilines is 3. The number of aryl methyl sites for hydroxylation is 1. The summed E-state index contributed by atoms with van der Waals surface area (Å²) in [5, 5.41) is 7.47. The second-order valence-electron chi connectivity index (χ2n) is 7.00. The van der Waals surface area contributed by atoms with Crippen LogP contribution in [0.15, 0.2) is 54.6 Å². The van der Waals surface area contributed by atoms with Crippen molar-refractivity contribution in [1.29, 1.82) is 0 Å². The van der Waals surface area contributed by atoms with Gasteiger partial charge in [0.25, 0.3) is 0 Å². The Hall–Kier alpha value is -2.63. The molecule has 5 nitrogen and oxygen atoms in total. The molecule has 0 radical (unpaired) electrons. The highest BCUT2D eigenvalue weighted by molar-refractivity contribution is 6.30. The molecule has 3 aromatic rings. The van der Waals surface area contributed by atoms with Gasteiger partial charge in [0.15, 0.2) is 0 Å². The first-order valence-electron chi connectivity index (χ1n) is 9.37. The molecule has 1 aromatic heterocycles. The highest BCUT2D eigenvalue weighted by Crippen LogP contribution is 2.26. The summed E-state index contributed by atoms with van der Waals surface area (Å²) < 4.78 is 0. The van der Waals surface area contributed by atoms with E-state index in [0.29, 0.717) is 5.95 Å². The largest absolute Gasteiger partial charge is 0.354 e. The van der Waals surface area contributed by atoms with E-state index in [0.717, 1.165) is 52.9 Å². The zero-order valence-corrected chi connectivity index (χ0v) is 17.3. The number of halogens is 1. The predicted molar refractivity (Wildman–Crippen MR) is 119 cm³/mol. The number of rotatable bonds is 8. The Morgan fingerprint density at radius 1 is 1.00 bits per heavy atom. The average Bonchev–Trinajstić information content (AvgIpc) is 2.68. The van der Waals surface area contributed by atoms with Gasteiger partial charge in [-0.05, 0) is 57.7 Å². The highest BCUT2D eigenvalue weighted by Gasteiger charge is 2.08. The smallest absolute Gasteiger partial charge is 0.225 e. The van der Waals surface area contributed by atoms with Gasteiger partial charge in [0.2, 0.25) is 5.95 Å². The maximum absolute atomic E-state index is 6.08. The van der Waals surface area contributed by atoms with Gasteiger partial charge in [0.05, 0.1) is 5.69 Å². The van der Waals surface area contributed by atoms with Crippen LogP contribution >= 0.6 is 11.6 Å². The number of nitrogens with zero attached hydrogens (tertiary/aromatic N) is 3. The second kappa shape index (κ2) is 9.53. The van der Waals surface area contributed by atoms with Crippen molar-refractivity contribution in [2.45, 2.75) is 13.3 Å². The van der Waals surface area contributed by atoms with Crippen LogP contribution in [-0.4, -0.2) is 42.1 Å². The molecule has 146 valence electrons. The minimum Gasteiger partial charge on any atom is -0.354 e. The number of nitrogens with one attached hydrogen (secondary N) is 2. The summed E-state index contributed by atoms with van der Waals surface area (Å²) >= 11 is 6.08. The van der Waals surface area contributed by atoms with Crippen LogP contribution in [0.25, 0.3) is 11.3 Å². The molecule has 2 aromatic carbocycles. The molecular formula is C22H26ClN5. The SMILES string of the molecule is Cc1cc(Cl)ccc1Nc1cc(-c2ccccc2)nc(NCCCN(C)C)n1. The van der Waals surface area contributed by atoms with Crippen LogP contribution in [0, 0.1) is 6.92 Å². The van der Waals surface area contributed by atoms with Gasteiger partial charge < -0.3 is 15.5 Å². The van der Waals surface area contributed by atoms with E-state index in [-0.39, 0.29) is 0 Å². The Bertz CT molecular complexity index is 912. The summed E-state index contributed by atoms with van der Waals surface area (Å²) in [7, 11) is 4.14.